The summed E-state index contributed by atoms with van der Waals surface area (Å²) in [6.45, 7) is 2.16. The van der Waals surface area contributed by atoms with Crippen LogP contribution in [-0.2, 0) is 0 Å². The number of nitrogens with zero attached hydrogens (tertiary/aromatic N) is 4. The van der Waals surface area contributed by atoms with E-state index in [4.69, 9.17) is 0 Å². The Labute approximate surface area is 151 Å². The van der Waals surface area contributed by atoms with Gasteiger partial charge in [-0.3, -0.25) is 9.88 Å². The number of hydrogen-bond donors (Lipinski definition) is 0. The second-order valence-corrected chi connectivity index (χ2v) is 7.01. The van der Waals surface area contributed by atoms with Gasteiger partial charge in [-0.2, -0.15) is 0 Å². The molecule has 1 aromatic carbocycles. The number of pyridine rings is 1. The van der Waals surface area contributed by atoms with E-state index in [-0.39, 0.29) is 12.0 Å². The molecule has 1 atom stereocenters. The van der Waals surface area contributed by atoms with Gasteiger partial charge < -0.3 is 4.57 Å². The Hall–Kier alpha value is -2.18. The summed E-state index contributed by atoms with van der Waals surface area (Å²) in [5, 5.41) is 1.04. The molecular weight excluding hydrogens is 335 g/mol. The van der Waals surface area contributed by atoms with Crippen LogP contribution in [0.2, 0.25) is 0 Å². The number of rotatable bonds is 6. The molecule has 1 unspecified atom stereocenters. The highest BCUT2D eigenvalue weighted by atomic mass is 32.2. The van der Waals surface area contributed by atoms with E-state index in [1.807, 2.05) is 18.5 Å². The Bertz CT molecular complexity index is 815. The summed E-state index contributed by atoms with van der Waals surface area (Å²) >= 11 is 1.65. The monoisotopic (exact) mass is 356 g/mol. The van der Waals surface area contributed by atoms with Crippen molar-refractivity contribution in [2.45, 2.75) is 29.4 Å². The van der Waals surface area contributed by atoms with Gasteiger partial charge in [-0.1, -0.05) is 18.7 Å². The lowest BCUT2D eigenvalue weighted by atomic mass is 10.2. The van der Waals surface area contributed by atoms with Gasteiger partial charge in [0.2, 0.25) is 0 Å². The van der Waals surface area contributed by atoms with Crippen LogP contribution in [0, 0.1) is 5.82 Å². The van der Waals surface area contributed by atoms with Gasteiger partial charge in [0.05, 0.1) is 12.5 Å². The minimum Gasteiger partial charge on any atom is -0.308 e. The Morgan fingerprint density at radius 1 is 1.12 bits per heavy atom. The zero-order valence-electron chi connectivity index (χ0n) is 14.6. The van der Waals surface area contributed by atoms with E-state index >= 15 is 0 Å². The standard InChI is InChI=1S/C19H21FN4S/c1-4-17(23(2)3)24-13-22-18(14-5-7-15(20)8-6-14)19(24)25-16-9-11-21-12-10-16/h5-13,17H,4H2,1-3H3. The van der Waals surface area contributed by atoms with Gasteiger partial charge in [-0.15, -0.1) is 0 Å². The third-order valence-corrected chi connectivity index (χ3v) is 5.12. The molecule has 0 saturated heterocycles. The molecule has 3 rings (SSSR count). The molecule has 0 amide bonds. The average molecular weight is 356 g/mol. The highest BCUT2D eigenvalue weighted by Crippen LogP contribution is 2.37. The third-order valence-electron chi connectivity index (χ3n) is 4.01. The lowest BCUT2D eigenvalue weighted by Gasteiger charge is -2.26. The minimum absolute atomic E-state index is 0.200. The molecule has 0 fully saturated rings. The average Bonchev–Trinajstić information content (AvgIpc) is 3.00. The van der Waals surface area contributed by atoms with E-state index in [1.165, 1.54) is 12.1 Å². The van der Waals surface area contributed by atoms with Crippen molar-refractivity contribution < 1.29 is 4.39 Å². The number of imidazole rings is 1. The van der Waals surface area contributed by atoms with Crippen molar-refractivity contribution >= 4 is 11.8 Å². The zero-order valence-corrected chi connectivity index (χ0v) is 15.4. The van der Waals surface area contributed by atoms with Crippen LogP contribution < -0.4 is 0 Å². The van der Waals surface area contributed by atoms with Gasteiger partial charge in [-0.05, 0) is 56.9 Å². The maximum Gasteiger partial charge on any atom is 0.123 e. The summed E-state index contributed by atoms with van der Waals surface area (Å²) in [5.41, 5.74) is 1.77. The molecule has 3 aromatic rings. The molecule has 0 aliphatic rings. The summed E-state index contributed by atoms with van der Waals surface area (Å²) < 4.78 is 15.5. The predicted octanol–water partition coefficient (Wildman–Crippen LogP) is 4.71. The first-order valence-corrected chi connectivity index (χ1v) is 8.99. The second kappa shape index (κ2) is 7.80. The van der Waals surface area contributed by atoms with Crippen molar-refractivity contribution in [2.24, 2.45) is 0 Å². The molecule has 2 aromatic heterocycles. The van der Waals surface area contributed by atoms with E-state index in [9.17, 15) is 4.39 Å². The molecule has 0 aliphatic carbocycles. The molecule has 0 spiro atoms. The number of benzene rings is 1. The van der Waals surface area contributed by atoms with E-state index in [0.29, 0.717) is 0 Å². The molecule has 0 saturated carbocycles. The van der Waals surface area contributed by atoms with Gasteiger partial charge in [0.25, 0.3) is 0 Å². The fourth-order valence-corrected chi connectivity index (χ4v) is 3.82. The summed E-state index contributed by atoms with van der Waals surface area (Å²) in [6.07, 6.45) is 6.59. The van der Waals surface area contributed by atoms with Crippen molar-refractivity contribution in [3.05, 3.63) is 60.9 Å². The van der Waals surface area contributed by atoms with Gasteiger partial charge in [-0.25, -0.2) is 9.37 Å². The highest BCUT2D eigenvalue weighted by molar-refractivity contribution is 7.99. The predicted molar refractivity (Wildman–Crippen MR) is 99.0 cm³/mol. The van der Waals surface area contributed by atoms with E-state index in [2.05, 4.69) is 40.5 Å². The van der Waals surface area contributed by atoms with Gasteiger partial charge in [0.15, 0.2) is 0 Å². The Morgan fingerprint density at radius 3 is 2.40 bits per heavy atom. The molecule has 130 valence electrons. The molecule has 25 heavy (non-hydrogen) atoms. The molecule has 0 bridgehead atoms. The lowest BCUT2D eigenvalue weighted by molar-refractivity contribution is 0.200. The fourth-order valence-electron chi connectivity index (χ4n) is 2.80. The number of halogens is 1. The molecule has 0 aliphatic heterocycles. The van der Waals surface area contributed by atoms with Gasteiger partial charge >= 0.3 is 0 Å². The van der Waals surface area contributed by atoms with Crippen molar-refractivity contribution in [1.82, 2.24) is 19.4 Å². The van der Waals surface area contributed by atoms with Crippen LogP contribution in [0.25, 0.3) is 11.3 Å². The van der Waals surface area contributed by atoms with E-state index in [0.717, 1.165) is 27.6 Å². The first-order chi connectivity index (χ1) is 12.1. The number of hydrogen-bond acceptors (Lipinski definition) is 4. The Balaban J connectivity index is 2.08. The van der Waals surface area contributed by atoms with Crippen LogP contribution in [0.15, 0.2) is 65.0 Å². The maximum atomic E-state index is 13.3. The van der Waals surface area contributed by atoms with Crippen LogP contribution in [0.5, 0.6) is 0 Å². The normalized spacial score (nSPS) is 12.5. The first-order valence-electron chi connectivity index (χ1n) is 8.17. The number of aromatic nitrogens is 3. The van der Waals surface area contributed by atoms with Crippen molar-refractivity contribution in [1.29, 1.82) is 0 Å². The highest BCUT2D eigenvalue weighted by Gasteiger charge is 2.20. The van der Waals surface area contributed by atoms with Crippen LogP contribution in [0.3, 0.4) is 0 Å². The maximum absolute atomic E-state index is 13.3. The Morgan fingerprint density at radius 2 is 1.80 bits per heavy atom. The van der Waals surface area contributed by atoms with Crippen LogP contribution >= 0.6 is 11.8 Å². The zero-order chi connectivity index (χ0) is 17.8. The quantitative estimate of drug-likeness (QED) is 0.641. The molecule has 4 nitrogen and oxygen atoms in total. The summed E-state index contributed by atoms with van der Waals surface area (Å²) in [5.74, 6) is -0.244. The van der Waals surface area contributed by atoms with E-state index < -0.39 is 0 Å². The third kappa shape index (κ3) is 3.91. The van der Waals surface area contributed by atoms with Crippen LogP contribution in [-0.4, -0.2) is 33.5 Å². The van der Waals surface area contributed by atoms with Crippen molar-refractivity contribution in [2.75, 3.05) is 14.1 Å². The van der Waals surface area contributed by atoms with Crippen molar-refractivity contribution in [3.63, 3.8) is 0 Å². The fraction of sp³-hybridized carbons (Fsp3) is 0.263. The topological polar surface area (TPSA) is 34.0 Å². The Kier molecular flexibility index (Phi) is 5.50. The smallest absolute Gasteiger partial charge is 0.123 e. The summed E-state index contributed by atoms with van der Waals surface area (Å²) in [6, 6.07) is 10.4. The van der Waals surface area contributed by atoms with Crippen molar-refractivity contribution in [3.8, 4) is 11.3 Å². The summed E-state index contributed by atoms with van der Waals surface area (Å²) in [7, 11) is 4.12. The molecule has 0 radical (unpaired) electrons. The molecule has 6 heteroatoms. The van der Waals surface area contributed by atoms with Gasteiger partial charge in [0, 0.05) is 22.9 Å². The van der Waals surface area contributed by atoms with E-state index in [1.54, 1.807) is 36.3 Å². The minimum atomic E-state index is -0.244. The molecule has 2 heterocycles. The first kappa shape index (κ1) is 17.6. The van der Waals surface area contributed by atoms with Crippen LogP contribution in [0.1, 0.15) is 19.5 Å². The molecule has 0 N–H and O–H groups in total. The van der Waals surface area contributed by atoms with Crippen LogP contribution in [0.4, 0.5) is 4.39 Å². The van der Waals surface area contributed by atoms with Gasteiger partial charge in [0.1, 0.15) is 16.5 Å². The second-order valence-electron chi connectivity index (χ2n) is 5.95. The lowest BCUT2D eigenvalue weighted by Crippen LogP contribution is -2.25. The SMILES string of the molecule is CCC(N(C)C)n1cnc(-c2ccc(F)cc2)c1Sc1ccncc1. The molecular formula is C19H21FN4S. The largest absolute Gasteiger partial charge is 0.308 e. The summed E-state index contributed by atoms with van der Waals surface area (Å²) in [4.78, 5) is 12.0.